The van der Waals surface area contributed by atoms with E-state index in [2.05, 4.69) is 4.98 Å². The minimum Gasteiger partial charge on any atom is -0.451 e. The maximum Gasteiger partial charge on any atom is 0.341 e. The lowest BCUT2D eigenvalue weighted by Gasteiger charge is -2.13. The first-order valence-electron chi connectivity index (χ1n) is 6.79. The molecule has 0 bridgehead atoms. The quantitative estimate of drug-likeness (QED) is 0.426. The molecule has 1 aromatic carbocycles. The van der Waals surface area contributed by atoms with E-state index in [1.54, 1.807) is 12.1 Å². The van der Waals surface area contributed by atoms with Crippen molar-refractivity contribution in [1.29, 1.82) is 0 Å². The first kappa shape index (κ1) is 18.4. The van der Waals surface area contributed by atoms with Gasteiger partial charge in [-0.05, 0) is 55.1 Å². The monoisotopic (exact) mass is 371 g/mol. The van der Waals surface area contributed by atoms with Crippen molar-refractivity contribution in [3.63, 3.8) is 0 Å². The molecule has 1 unspecified atom stereocenters. The van der Waals surface area contributed by atoms with Gasteiger partial charge < -0.3 is 4.74 Å². The Balaban J connectivity index is 2.11. The number of ketones is 1. The third-order valence-electron chi connectivity index (χ3n) is 2.97. The van der Waals surface area contributed by atoms with Crippen molar-refractivity contribution in [1.82, 2.24) is 4.98 Å². The van der Waals surface area contributed by atoms with E-state index in [0.29, 0.717) is 10.6 Å². The smallest absolute Gasteiger partial charge is 0.341 e. The normalized spacial score (nSPS) is 12.0. The summed E-state index contributed by atoms with van der Waals surface area (Å²) >= 11 is 5.89. The number of rotatable bonds is 6. The molecule has 4 nitrogen and oxygen atoms in total. The molecular formula is C16H12ClF2NO3S. The topological polar surface area (TPSA) is 56.3 Å². The molecule has 1 atom stereocenters. The van der Waals surface area contributed by atoms with Gasteiger partial charge in [0.2, 0.25) is 5.78 Å². The highest BCUT2D eigenvalue weighted by Gasteiger charge is 2.23. The minimum absolute atomic E-state index is 0.112. The van der Waals surface area contributed by atoms with Crippen molar-refractivity contribution in [3.8, 4) is 0 Å². The predicted molar refractivity (Wildman–Crippen MR) is 86.8 cm³/mol. The Kier molecular flexibility index (Phi) is 6.28. The average Bonchev–Trinajstić information content (AvgIpc) is 2.54. The standard InChI is InChI=1S/C16H12ClF2NO3S/c1-9(13(21)10-4-6-11(17)7-5-10)23-15(22)12-3-2-8-20-14(12)24-16(18)19/h2-9,16H,1H3. The van der Waals surface area contributed by atoms with Gasteiger partial charge in [-0.15, -0.1) is 0 Å². The summed E-state index contributed by atoms with van der Waals surface area (Å²) in [5, 5.41) is 0.323. The largest absolute Gasteiger partial charge is 0.451 e. The van der Waals surface area contributed by atoms with Gasteiger partial charge in [0.15, 0.2) is 6.10 Å². The van der Waals surface area contributed by atoms with E-state index in [0.717, 1.165) is 0 Å². The molecule has 24 heavy (non-hydrogen) atoms. The fourth-order valence-electron chi connectivity index (χ4n) is 1.85. The van der Waals surface area contributed by atoms with E-state index in [4.69, 9.17) is 16.3 Å². The second-order valence-corrected chi connectivity index (χ2v) is 6.07. The van der Waals surface area contributed by atoms with Crippen molar-refractivity contribution in [3.05, 3.63) is 58.7 Å². The fourth-order valence-corrected chi connectivity index (χ4v) is 2.55. The van der Waals surface area contributed by atoms with Crippen LogP contribution in [-0.2, 0) is 4.74 Å². The highest BCUT2D eigenvalue weighted by atomic mass is 35.5. The van der Waals surface area contributed by atoms with Gasteiger partial charge in [0, 0.05) is 16.8 Å². The highest BCUT2D eigenvalue weighted by Crippen LogP contribution is 2.27. The van der Waals surface area contributed by atoms with Gasteiger partial charge in [0.05, 0.1) is 5.56 Å². The van der Waals surface area contributed by atoms with Crippen molar-refractivity contribution in [2.45, 2.75) is 23.8 Å². The first-order valence-corrected chi connectivity index (χ1v) is 8.05. The summed E-state index contributed by atoms with van der Waals surface area (Å²) in [4.78, 5) is 28.1. The zero-order valence-electron chi connectivity index (χ0n) is 12.4. The van der Waals surface area contributed by atoms with Crippen molar-refractivity contribution < 1.29 is 23.1 Å². The number of halogens is 3. The molecule has 0 aliphatic carbocycles. The number of aromatic nitrogens is 1. The summed E-state index contributed by atoms with van der Waals surface area (Å²) in [5.41, 5.74) is 0.214. The fraction of sp³-hybridized carbons (Fsp3) is 0.188. The van der Waals surface area contributed by atoms with Gasteiger partial charge in [-0.1, -0.05) is 11.6 Å². The molecule has 0 fully saturated rings. The van der Waals surface area contributed by atoms with Crippen LogP contribution in [0.4, 0.5) is 8.78 Å². The van der Waals surface area contributed by atoms with E-state index in [9.17, 15) is 18.4 Å². The van der Waals surface area contributed by atoms with Crippen LogP contribution in [0.15, 0.2) is 47.6 Å². The number of hydrogen-bond donors (Lipinski definition) is 0. The lowest BCUT2D eigenvalue weighted by molar-refractivity contribution is 0.0314. The molecule has 0 aliphatic rings. The Hall–Kier alpha value is -1.99. The number of esters is 1. The number of hydrogen-bond acceptors (Lipinski definition) is 5. The summed E-state index contributed by atoms with van der Waals surface area (Å²) in [7, 11) is 0. The lowest BCUT2D eigenvalue weighted by Crippen LogP contribution is -2.24. The molecule has 126 valence electrons. The van der Waals surface area contributed by atoms with Crippen LogP contribution in [0.25, 0.3) is 0 Å². The summed E-state index contributed by atoms with van der Waals surface area (Å²) < 4.78 is 30.1. The molecule has 0 aliphatic heterocycles. The lowest BCUT2D eigenvalue weighted by atomic mass is 10.1. The molecule has 0 saturated carbocycles. The van der Waals surface area contributed by atoms with Gasteiger partial charge in [-0.2, -0.15) is 8.78 Å². The molecule has 0 N–H and O–H groups in total. The number of nitrogens with zero attached hydrogens (tertiary/aromatic N) is 1. The van der Waals surface area contributed by atoms with E-state index in [1.807, 2.05) is 0 Å². The molecule has 1 heterocycles. The van der Waals surface area contributed by atoms with Crippen LogP contribution >= 0.6 is 23.4 Å². The third kappa shape index (κ3) is 4.75. The molecule has 0 amide bonds. The number of carbonyl (C=O) groups excluding carboxylic acids is 2. The molecule has 2 aromatic rings. The van der Waals surface area contributed by atoms with Crippen LogP contribution in [0.2, 0.25) is 5.02 Å². The van der Waals surface area contributed by atoms with Crippen molar-refractivity contribution in [2.24, 2.45) is 0 Å². The number of pyridine rings is 1. The number of Topliss-reactive ketones (excluding diaryl/α,β-unsaturated/α-hetero) is 1. The van der Waals surface area contributed by atoms with Gasteiger partial charge in [-0.3, -0.25) is 4.79 Å². The van der Waals surface area contributed by atoms with E-state index in [1.165, 1.54) is 37.4 Å². The van der Waals surface area contributed by atoms with Gasteiger partial charge in [0.25, 0.3) is 5.76 Å². The van der Waals surface area contributed by atoms with Crippen molar-refractivity contribution >= 4 is 35.1 Å². The second kappa shape index (κ2) is 8.21. The Morgan fingerprint density at radius 3 is 2.50 bits per heavy atom. The van der Waals surface area contributed by atoms with Crippen LogP contribution in [0.1, 0.15) is 27.6 Å². The summed E-state index contributed by atoms with van der Waals surface area (Å²) in [6, 6.07) is 8.86. The first-order chi connectivity index (χ1) is 11.4. The molecule has 1 aromatic heterocycles. The minimum atomic E-state index is -2.72. The number of benzene rings is 1. The van der Waals surface area contributed by atoms with E-state index < -0.39 is 23.6 Å². The zero-order valence-corrected chi connectivity index (χ0v) is 14.0. The van der Waals surface area contributed by atoms with Crippen LogP contribution in [0.3, 0.4) is 0 Å². The Morgan fingerprint density at radius 2 is 1.88 bits per heavy atom. The SMILES string of the molecule is CC(OC(=O)c1cccnc1SC(F)F)C(=O)c1ccc(Cl)cc1. The van der Waals surface area contributed by atoms with Crippen LogP contribution in [0.5, 0.6) is 0 Å². The summed E-state index contributed by atoms with van der Waals surface area (Å²) in [6.45, 7) is 1.41. The number of alkyl halides is 2. The molecule has 0 spiro atoms. The molecular weight excluding hydrogens is 360 g/mol. The molecule has 0 saturated heterocycles. The van der Waals surface area contributed by atoms with Crippen LogP contribution < -0.4 is 0 Å². The van der Waals surface area contributed by atoms with Crippen molar-refractivity contribution in [2.75, 3.05) is 0 Å². The summed E-state index contributed by atoms with van der Waals surface area (Å²) in [5.74, 6) is -4.03. The second-order valence-electron chi connectivity index (χ2n) is 4.65. The third-order valence-corrected chi connectivity index (χ3v) is 3.95. The predicted octanol–water partition coefficient (Wildman–Crippen LogP) is 4.48. The van der Waals surface area contributed by atoms with Gasteiger partial charge >= 0.3 is 5.97 Å². The average molecular weight is 372 g/mol. The Labute approximate surface area is 146 Å². The Bertz CT molecular complexity index is 740. The Morgan fingerprint density at radius 1 is 1.21 bits per heavy atom. The molecule has 2 rings (SSSR count). The summed E-state index contributed by atoms with van der Waals surface area (Å²) in [6.07, 6.45) is 0.215. The van der Waals surface area contributed by atoms with Crippen LogP contribution in [-0.4, -0.2) is 28.6 Å². The number of thioether (sulfide) groups is 1. The number of carbonyl (C=O) groups is 2. The molecule has 0 radical (unpaired) electrons. The maximum absolute atomic E-state index is 12.5. The van der Waals surface area contributed by atoms with E-state index >= 15 is 0 Å². The highest BCUT2D eigenvalue weighted by molar-refractivity contribution is 7.99. The van der Waals surface area contributed by atoms with E-state index in [-0.39, 0.29) is 22.4 Å². The molecule has 8 heteroatoms. The van der Waals surface area contributed by atoms with Crippen LogP contribution in [0, 0.1) is 0 Å². The van der Waals surface area contributed by atoms with Gasteiger partial charge in [-0.25, -0.2) is 9.78 Å². The van der Waals surface area contributed by atoms with Gasteiger partial charge in [0.1, 0.15) is 5.03 Å². The number of ether oxygens (including phenoxy) is 1. The maximum atomic E-state index is 12.5. The zero-order chi connectivity index (χ0) is 17.7.